The molecule has 2 aliphatic heterocycles. The van der Waals surface area contributed by atoms with Crippen LogP contribution >= 0.6 is 0 Å². The first kappa shape index (κ1) is 20.4. The van der Waals surface area contributed by atoms with E-state index in [9.17, 15) is 9.59 Å². The van der Waals surface area contributed by atoms with Gasteiger partial charge >= 0.3 is 6.09 Å². The van der Waals surface area contributed by atoms with Gasteiger partial charge < -0.3 is 20.3 Å². The topological polar surface area (TPSA) is 70.7 Å². The minimum atomic E-state index is -0.635. The minimum absolute atomic E-state index is 0.0300. The van der Waals surface area contributed by atoms with Gasteiger partial charge in [-0.2, -0.15) is 0 Å². The number of carbonyl (C=O) groups excluding carboxylic acids is 2. The highest BCUT2D eigenvalue weighted by atomic mass is 16.5. The smallest absolute Gasteiger partial charge is 0.408 e. The average Bonchev–Trinajstić information content (AvgIpc) is 2.77. The van der Waals surface area contributed by atoms with Crippen LogP contribution in [0, 0.1) is 5.41 Å². The number of benzene rings is 2. The lowest BCUT2D eigenvalue weighted by Gasteiger charge is -2.48. The van der Waals surface area contributed by atoms with Crippen LogP contribution in [0.15, 0.2) is 60.7 Å². The summed E-state index contributed by atoms with van der Waals surface area (Å²) in [7, 11) is 0. The lowest BCUT2D eigenvalue weighted by Crippen LogP contribution is -2.60. The molecule has 2 amide bonds. The summed E-state index contributed by atoms with van der Waals surface area (Å²) >= 11 is 0. The van der Waals surface area contributed by atoms with Crippen molar-refractivity contribution in [3.63, 3.8) is 0 Å². The number of likely N-dealkylation sites (tertiary alicyclic amines) is 1. The molecule has 6 heteroatoms. The van der Waals surface area contributed by atoms with E-state index in [1.54, 1.807) is 0 Å². The van der Waals surface area contributed by atoms with Crippen molar-refractivity contribution in [2.24, 2.45) is 5.41 Å². The Morgan fingerprint density at radius 2 is 1.57 bits per heavy atom. The monoisotopic (exact) mass is 407 g/mol. The number of amides is 2. The van der Waals surface area contributed by atoms with Gasteiger partial charge in [-0.15, -0.1) is 0 Å². The number of piperidine rings is 1. The molecule has 2 aromatic carbocycles. The molecule has 0 radical (unpaired) electrons. The van der Waals surface area contributed by atoms with E-state index in [2.05, 4.69) is 10.6 Å². The zero-order valence-corrected chi connectivity index (χ0v) is 17.2. The molecule has 1 spiro atoms. The zero-order valence-electron chi connectivity index (χ0n) is 17.2. The highest BCUT2D eigenvalue weighted by Crippen LogP contribution is 2.35. The van der Waals surface area contributed by atoms with Crippen LogP contribution in [0.4, 0.5) is 4.79 Å². The van der Waals surface area contributed by atoms with E-state index in [0.29, 0.717) is 11.8 Å². The Balaban J connectivity index is 1.38. The number of hydrogen-bond donors (Lipinski definition) is 2. The second-order valence-electron chi connectivity index (χ2n) is 8.38. The Bertz CT molecular complexity index is 843. The molecule has 158 valence electrons. The summed E-state index contributed by atoms with van der Waals surface area (Å²) in [6.07, 6.45) is 1.91. The highest BCUT2D eigenvalue weighted by Gasteiger charge is 2.41. The Kier molecular flexibility index (Phi) is 6.33. The maximum Gasteiger partial charge on any atom is 0.408 e. The molecular weight excluding hydrogens is 378 g/mol. The van der Waals surface area contributed by atoms with E-state index >= 15 is 0 Å². The van der Waals surface area contributed by atoms with Crippen molar-refractivity contribution in [3.8, 4) is 0 Å². The molecule has 30 heavy (non-hydrogen) atoms. The van der Waals surface area contributed by atoms with E-state index in [-0.39, 0.29) is 12.5 Å². The molecule has 4 rings (SSSR count). The number of nitrogens with one attached hydrogen (secondary N) is 2. The van der Waals surface area contributed by atoms with Crippen LogP contribution in [-0.4, -0.2) is 49.1 Å². The Hall–Kier alpha value is -2.86. The average molecular weight is 408 g/mol. The molecule has 2 aromatic rings. The lowest BCUT2D eigenvalue weighted by molar-refractivity contribution is -0.136. The third-order valence-corrected chi connectivity index (χ3v) is 6.22. The van der Waals surface area contributed by atoms with Gasteiger partial charge in [-0.1, -0.05) is 60.7 Å². The summed E-state index contributed by atoms with van der Waals surface area (Å²) < 4.78 is 5.36. The van der Waals surface area contributed by atoms with Gasteiger partial charge in [0, 0.05) is 32.6 Å². The van der Waals surface area contributed by atoms with E-state index in [0.717, 1.165) is 50.1 Å². The molecule has 2 saturated heterocycles. The number of ether oxygens (including phenoxy) is 1. The molecule has 0 aromatic heterocycles. The van der Waals surface area contributed by atoms with E-state index in [1.807, 2.05) is 65.6 Å². The molecule has 2 fully saturated rings. The van der Waals surface area contributed by atoms with Gasteiger partial charge in [0.15, 0.2) is 0 Å². The standard InChI is InChI=1S/C24H29N3O3/c28-22(27-13-11-24(12-14-27)17-25-18-24)21(15-19-7-3-1-4-8-19)26-23(29)30-16-20-9-5-2-6-10-20/h1-10,21,25H,11-18H2,(H,26,29). The molecule has 2 heterocycles. The molecule has 2 N–H and O–H groups in total. The van der Waals surface area contributed by atoms with Gasteiger partial charge in [0.1, 0.15) is 12.6 Å². The van der Waals surface area contributed by atoms with Gasteiger partial charge in [-0.25, -0.2) is 4.79 Å². The first-order valence-electron chi connectivity index (χ1n) is 10.6. The molecule has 2 aliphatic rings. The molecule has 1 unspecified atom stereocenters. The second kappa shape index (κ2) is 9.30. The van der Waals surface area contributed by atoms with E-state index in [4.69, 9.17) is 4.74 Å². The van der Waals surface area contributed by atoms with Crippen molar-refractivity contribution in [1.29, 1.82) is 0 Å². The van der Waals surface area contributed by atoms with Crippen molar-refractivity contribution in [2.75, 3.05) is 26.2 Å². The number of hydrogen-bond acceptors (Lipinski definition) is 4. The van der Waals surface area contributed by atoms with Gasteiger partial charge in [0.25, 0.3) is 0 Å². The van der Waals surface area contributed by atoms with Crippen LogP contribution in [0.1, 0.15) is 24.0 Å². The van der Waals surface area contributed by atoms with Crippen LogP contribution in [0.5, 0.6) is 0 Å². The summed E-state index contributed by atoms with van der Waals surface area (Å²) in [4.78, 5) is 27.6. The number of alkyl carbamates (subject to hydrolysis) is 1. The lowest BCUT2D eigenvalue weighted by atomic mass is 9.73. The zero-order chi connectivity index (χ0) is 20.8. The fraction of sp³-hybridized carbons (Fsp3) is 0.417. The largest absolute Gasteiger partial charge is 0.445 e. The molecule has 1 atom stereocenters. The molecule has 0 saturated carbocycles. The fourth-order valence-electron chi connectivity index (χ4n) is 4.21. The summed E-state index contributed by atoms with van der Waals surface area (Å²) in [6, 6.07) is 18.7. The van der Waals surface area contributed by atoms with Crippen molar-refractivity contribution in [2.45, 2.75) is 31.9 Å². The predicted octanol–water partition coefficient (Wildman–Crippen LogP) is 2.74. The van der Waals surface area contributed by atoms with E-state index < -0.39 is 12.1 Å². The van der Waals surface area contributed by atoms with E-state index in [1.165, 1.54) is 0 Å². The van der Waals surface area contributed by atoms with Crippen molar-refractivity contribution >= 4 is 12.0 Å². The third-order valence-electron chi connectivity index (χ3n) is 6.22. The van der Waals surface area contributed by atoms with Crippen molar-refractivity contribution in [1.82, 2.24) is 15.5 Å². The number of nitrogens with zero attached hydrogens (tertiary/aromatic N) is 1. The summed E-state index contributed by atoms with van der Waals surface area (Å²) in [5.74, 6) is -0.0300. The molecular formula is C24H29N3O3. The first-order valence-corrected chi connectivity index (χ1v) is 10.6. The van der Waals surface area contributed by atoms with Crippen LogP contribution in [0.2, 0.25) is 0 Å². The normalized spacial score (nSPS) is 18.3. The van der Waals surface area contributed by atoms with Crippen LogP contribution in [-0.2, 0) is 22.6 Å². The summed E-state index contributed by atoms with van der Waals surface area (Å²) in [6.45, 7) is 3.76. The van der Waals surface area contributed by atoms with Gasteiger partial charge in [0.2, 0.25) is 5.91 Å². The fourth-order valence-corrected chi connectivity index (χ4v) is 4.21. The maximum atomic E-state index is 13.3. The van der Waals surface area contributed by atoms with Gasteiger partial charge in [0.05, 0.1) is 0 Å². The summed E-state index contributed by atoms with van der Waals surface area (Å²) in [5.41, 5.74) is 2.29. The SMILES string of the molecule is O=C(NC(Cc1ccccc1)C(=O)N1CCC2(CC1)CNC2)OCc1ccccc1. The van der Waals surface area contributed by atoms with Gasteiger partial charge in [-0.05, 0) is 29.4 Å². The Morgan fingerprint density at radius 3 is 2.13 bits per heavy atom. The van der Waals surface area contributed by atoms with Crippen LogP contribution < -0.4 is 10.6 Å². The maximum absolute atomic E-state index is 13.3. The summed E-state index contributed by atoms with van der Waals surface area (Å²) in [5, 5.41) is 6.16. The number of carbonyl (C=O) groups is 2. The second-order valence-corrected chi connectivity index (χ2v) is 8.38. The quantitative estimate of drug-likeness (QED) is 0.773. The van der Waals surface area contributed by atoms with Gasteiger partial charge in [-0.3, -0.25) is 4.79 Å². The highest BCUT2D eigenvalue weighted by molar-refractivity contribution is 5.86. The van der Waals surface area contributed by atoms with Crippen LogP contribution in [0.25, 0.3) is 0 Å². The molecule has 6 nitrogen and oxygen atoms in total. The Labute approximate surface area is 177 Å². The number of rotatable bonds is 6. The third kappa shape index (κ3) is 5.00. The minimum Gasteiger partial charge on any atom is -0.445 e. The Morgan fingerprint density at radius 1 is 0.967 bits per heavy atom. The van der Waals surface area contributed by atoms with Crippen LogP contribution in [0.3, 0.4) is 0 Å². The predicted molar refractivity (Wildman–Crippen MR) is 115 cm³/mol. The molecule has 0 aliphatic carbocycles. The van der Waals surface area contributed by atoms with Crippen molar-refractivity contribution in [3.05, 3.63) is 71.8 Å². The van der Waals surface area contributed by atoms with Crippen molar-refractivity contribution < 1.29 is 14.3 Å². The molecule has 0 bridgehead atoms. The first-order chi connectivity index (χ1) is 14.6.